The summed E-state index contributed by atoms with van der Waals surface area (Å²) in [6.07, 6.45) is 0.765. The molecule has 25 heavy (non-hydrogen) atoms. The molecule has 0 aliphatic carbocycles. The third-order valence-electron chi connectivity index (χ3n) is 3.30. The van der Waals surface area contributed by atoms with Crippen molar-refractivity contribution in [1.82, 2.24) is 10.6 Å². The highest BCUT2D eigenvalue weighted by Crippen LogP contribution is 2.11. The topological polar surface area (TPSA) is 45.7 Å². The molecule has 0 fully saturated rings. The molecule has 0 saturated carbocycles. The van der Waals surface area contributed by atoms with Crippen LogP contribution in [0.25, 0.3) is 0 Å². The Morgan fingerprint density at radius 3 is 2.40 bits per heavy atom. The van der Waals surface area contributed by atoms with Gasteiger partial charge in [-0.2, -0.15) is 0 Å². The fraction of sp³-hybridized carbons (Fsp3) is 0.278. The van der Waals surface area contributed by atoms with Crippen molar-refractivity contribution < 1.29 is 13.5 Å². The van der Waals surface area contributed by atoms with Crippen molar-refractivity contribution in [3.63, 3.8) is 0 Å². The molecule has 0 radical (unpaired) electrons. The quantitative estimate of drug-likeness (QED) is 0.288. The van der Waals surface area contributed by atoms with Crippen LogP contribution < -0.4 is 15.4 Å². The molecule has 4 nitrogen and oxygen atoms in total. The van der Waals surface area contributed by atoms with Gasteiger partial charge in [0.2, 0.25) is 0 Å². The highest BCUT2D eigenvalue weighted by atomic mass is 127. The number of halogens is 3. The molecule has 136 valence electrons. The molecule has 2 rings (SSSR count). The van der Waals surface area contributed by atoms with E-state index in [0.29, 0.717) is 31.4 Å². The Kier molecular flexibility index (Phi) is 9.83. The summed E-state index contributed by atoms with van der Waals surface area (Å²) in [5.74, 6) is 0.595. The number of benzene rings is 2. The molecular weight excluding hydrogens is 439 g/mol. The van der Waals surface area contributed by atoms with E-state index in [9.17, 15) is 8.78 Å². The molecule has 2 aromatic carbocycles. The fourth-order valence-corrected chi connectivity index (χ4v) is 2.09. The lowest BCUT2D eigenvalue weighted by Gasteiger charge is -2.12. The van der Waals surface area contributed by atoms with Crippen LogP contribution in [0.15, 0.2) is 53.5 Å². The molecular formula is C18H22F2IN3O. The zero-order valence-electron chi connectivity index (χ0n) is 14.0. The molecule has 7 heteroatoms. The summed E-state index contributed by atoms with van der Waals surface area (Å²) in [6.45, 7) is 1.60. The van der Waals surface area contributed by atoms with Gasteiger partial charge in [-0.05, 0) is 36.2 Å². The van der Waals surface area contributed by atoms with Gasteiger partial charge in [0.05, 0.1) is 6.54 Å². The number of nitrogens with zero attached hydrogens (tertiary/aromatic N) is 1. The van der Waals surface area contributed by atoms with Gasteiger partial charge in [-0.3, -0.25) is 4.99 Å². The lowest BCUT2D eigenvalue weighted by atomic mass is 10.1. The molecule has 0 aliphatic heterocycles. The number of hydrogen-bond acceptors (Lipinski definition) is 2. The Morgan fingerprint density at radius 1 is 1.00 bits per heavy atom. The molecule has 0 aliphatic rings. The van der Waals surface area contributed by atoms with Crippen LogP contribution in [-0.2, 0) is 6.42 Å². The van der Waals surface area contributed by atoms with Crippen LogP contribution in [0.4, 0.5) is 8.78 Å². The predicted molar refractivity (Wildman–Crippen MR) is 107 cm³/mol. The standard InChI is InChI=1S/C18H21F2N3O.HI/c1-21-18(22-10-9-14-5-7-15(19)8-6-14)23-11-12-24-17-4-2-3-16(20)13-17;/h2-8,13H,9-12H2,1H3,(H2,21,22,23);1H. The van der Waals surface area contributed by atoms with Crippen molar-refractivity contribution in [2.45, 2.75) is 6.42 Å². The molecule has 0 aromatic heterocycles. The lowest BCUT2D eigenvalue weighted by Crippen LogP contribution is -2.40. The van der Waals surface area contributed by atoms with Crippen LogP contribution in [0, 0.1) is 11.6 Å². The zero-order chi connectivity index (χ0) is 17.2. The Morgan fingerprint density at radius 2 is 1.72 bits per heavy atom. The zero-order valence-corrected chi connectivity index (χ0v) is 16.3. The number of nitrogens with one attached hydrogen (secondary N) is 2. The van der Waals surface area contributed by atoms with Crippen LogP contribution in [0.5, 0.6) is 5.75 Å². The summed E-state index contributed by atoms with van der Waals surface area (Å²) >= 11 is 0. The number of hydrogen-bond donors (Lipinski definition) is 2. The van der Waals surface area contributed by atoms with Crippen molar-refractivity contribution in [2.24, 2.45) is 4.99 Å². The molecule has 0 atom stereocenters. The van der Waals surface area contributed by atoms with Crippen molar-refractivity contribution >= 4 is 29.9 Å². The van der Waals surface area contributed by atoms with Crippen molar-refractivity contribution in [1.29, 1.82) is 0 Å². The fourth-order valence-electron chi connectivity index (χ4n) is 2.09. The van der Waals surface area contributed by atoms with E-state index >= 15 is 0 Å². The SMILES string of the molecule is CN=C(NCCOc1cccc(F)c1)NCCc1ccc(F)cc1.I. The molecule has 0 amide bonds. The number of ether oxygens (including phenoxy) is 1. The van der Waals surface area contributed by atoms with Gasteiger partial charge >= 0.3 is 0 Å². The summed E-state index contributed by atoms with van der Waals surface area (Å²) < 4.78 is 31.3. The average Bonchev–Trinajstić information content (AvgIpc) is 2.59. The van der Waals surface area contributed by atoms with Gasteiger partial charge in [0.15, 0.2) is 5.96 Å². The second-order valence-electron chi connectivity index (χ2n) is 5.11. The third kappa shape index (κ3) is 8.15. The summed E-state index contributed by atoms with van der Waals surface area (Å²) in [7, 11) is 1.68. The molecule has 0 heterocycles. The minimum absolute atomic E-state index is 0. The number of rotatable bonds is 7. The van der Waals surface area contributed by atoms with E-state index < -0.39 is 0 Å². The van der Waals surface area contributed by atoms with Gasteiger partial charge in [-0.15, -0.1) is 24.0 Å². The minimum Gasteiger partial charge on any atom is -0.492 e. The molecule has 0 saturated heterocycles. The molecule has 2 aromatic rings. The van der Waals surface area contributed by atoms with E-state index in [1.54, 1.807) is 31.3 Å². The summed E-state index contributed by atoms with van der Waals surface area (Å²) in [5.41, 5.74) is 1.05. The predicted octanol–water partition coefficient (Wildman–Crippen LogP) is 3.37. The average molecular weight is 461 g/mol. The maximum atomic E-state index is 13.0. The first-order valence-electron chi connectivity index (χ1n) is 7.74. The summed E-state index contributed by atoms with van der Waals surface area (Å²) in [6, 6.07) is 12.5. The minimum atomic E-state index is -0.321. The van der Waals surface area contributed by atoms with Gasteiger partial charge in [0.1, 0.15) is 24.0 Å². The highest BCUT2D eigenvalue weighted by molar-refractivity contribution is 14.0. The van der Waals surface area contributed by atoms with E-state index in [1.165, 1.54) is 24.3 Å². The molecule has 0 bridgehead atoms. The Bertz CT molecular complexity index is 666. The van der Waals surface area contributed by atoms with Crippen LogP contribution >= 0.6 is 24.0 Å². The van der Waals surface area contributed by atoms with Gasteiger partial charge in [0, 0.05) is 19.7 Å². The van der Waals surface area contributed by atoms with E-state index in [-0.39, 0.29) is 35.6 Å². The van der Waals surface area contributed by atoms with Crippen molar-refractivity contribution in [3.8, 4) is 5.75 Å². The Balaban J connectivity index is 0.00000312. The third-order valence-corrected chi connectivity index (χ3v) is 3.30. The smallest absolute Gasteiger partial charge is 0.191 e. The summed E-state index contributed by atoms with van der Waals surface area (Å²) in [5, 5.41) is 6.28. The van der Waals surface area contributed by atoms with E-state index in [1.807, 2.05) is 0 Å². The first-order valence-corrected chi connectivity index (χ1v) is 7.74. The van der Waals surface area contributed by atoms with Crippen LogP contribution in [0.3, 0.4) is 0 Å². The Hall–Kier alpha value is -1.90. The monoisotopic (exact) mass is 461 g/mol. The van der Waals surface area contributed by atoms with E-state index in [0.717, 1.165) is 12.0 Å². The molecule has 2 N–H and O–H groups in total. The van der Waals surface area contributed by atoms with Gasteiger partial charge in [0.25, 0.3) is 0 Å². The first kappa shape index (κ1) is 21.1. The number of guanidine groups is 1. The maximum Gasteiger partial charge on any atom is 0.191 e. The largest absolute Gasteiger partial charge is 0.492 e. The second-order valence-corrected chi connectivity index (χ2v) is 5.11. The normalized spacial score (nSPS) is 10.8. The summed E-state index contributed by atoms with van der Waals surface area (Å²) in [4.78, 5) is 4.11. The van der Waals surface area contributed by atoms with Crippen molar-refractivity contribution in [3.05, 3.63) is 65.7 Å². The maximum absolute atomic E-state index is 13.0. The Labute approximate surface area is 163 Å². The second kappa shape index (κ2) is 11.6. The van der Waals surface area contributed by atoms with Gasteiger partial charge < -0.3 is 15.4 Å². The van der Waals surface area contributed by atoms with Crippen molar-refractivity contribution in [2.75, 3.05) is 26.7 Å². The van der Waals surface area contributed by atoms with Crippen LogP contribution in [0.2, 0.25) is 0 Å². The highest BCUT2D eigenvalue weighted by Gasteiger charge is 2.00. The lowest BCUT2D eigenvalue weighted by molar-refractivity contribution is 0.320. The van der Waals surface area contributed by atoms with E-state index in [4.69, 9.17) is 4.74 Å². The van der Waals surface area contributed by atoms with Gasteiger partial charge in [-0.25, -0.2) is 8.78 Å². The first-order chi connectivity index (χ1) is 11.7. The molecule has 0 unspecified atom stereocenters. The van der Waals surface area contributed by atoms with E-state index in [2.05, 4.69) is 15.6 Å². The van der Waals surface area contributed by atoms with Crippen LogP contribution in [0.1, 0.15) is 5.56 Å². The number of aliphatic imine (C=N–C) groups is 1. The van der Waals surface area contributed by atoms with Gasteiger partial charge in [-0.1, -0.05) is 18.2 Å². The van der Waals surface area contributed by atoms with Crippen LogP contribution in [-0.4, -0.2) is 32.7 Å². The molecule has 0 spiro atoms.